The van der Waals surface area contributed by atoms with Gasteiger partial charge in [0.15, 0.2) is 17.3 Å². The van der Waals surface area contributed by atoms with E-state index in [2.05, 4.69) is 5.32 Å². The van der Waals surface area contributed by atoms with E-state index in [0.717, 1.165) is 5.56 Å². The number of thiophene rings is 1. The van der Waals surface area contributed by atoms with Gasteiger partial charge in [-0.25, -0.2) is 0 Å². The molecule has 142 valence electrons. The molecule has 3 rings (SSSR count). The first-order valence-corrected chi connectivity index (χ1v) is 9.38. The lowest BCUT2D eigenvalue weighted by Gasteiger charge is -2.09. The third-order valence-corrected chi connectivity index (χ3v) is 4.89. The van der Waals surface area contributed by atoms with Gasteiger partial charge in [0.25, 0.3) is 5.91 Å². The van der Waals surface area contributed by atoms with Gasteiger partial charge in [-0.05, 0) is 47.4 Å². The number of hydrogen-bond donors (Lipinski definition) is 1. The van der Waals surface area contributed by atoms with Crippen LogP contribution in [0.5, 0.6) is 11.5 Å². The van der Waals surface area contributed by atoms with Crippen LogP contribution in [0, 0.1) is 0 Å². The molecule has 2 aromatic carbocycles. The molecule has 0 aliphatic rings. The van der Waals surface area contributed by atoms with Crippen molar-refractivity contribution < 1.29 is 19.1 Å². The van der Waals surface area contributed by atoms with Gasteiger partial charge in [-0.3, -0.25) is 9.59 Å². The summed E-state index contributed by atoms with van der Waals surface area (Å²) in [5.74, 6) is 0.754. The average Bonchev–Trinajstić information content (AvgIpc) is 3.27. The van der Waals surface area contributed by atoms with Crippen molar-refractivity contribution >= 4 is 34.8 Å². The number of allylic oxidation sites excluding steroid dienone is 1. The van der Waals surface area contributed by atoms with E-state index in [-0.39, 0.29) is 11.7 Å². The highest BCUT2D eigenvalue weighted by atomic mass is 32.1. The highest BCUT2D eigenvalue weighted by Gasteiger charge is 2.13. The predicted molar refractivity (Wildman–Crippen MR) is 112 cm³/mol. The van der Waals surface area contributed by atoms with Crippen LogP contribution in [-0.2, 0) is 0 Å². The molecule has 0 atom stereocenters. The number of ether oxygens (including phenoxy) is 2. The number of ketones is 1. The molecule has 0 saturated heterocycles. The monoisotopic (exact) mass is 393 g/mol. The normalized spacial score (nSPS) is 10.6. The lowest BCUT2D eigenvalue weighted by Crippen LogP contribution is -2.13. The van der Waals surface area contributed by atoms with Crippen LogP contribution in [0.25, 0.3) is 6.08 Å². The fourth-order valence-corrected chi connectivity index (χ4v) is 3.24. The van der Waals surface area contributed by atoms with Gasteiger partial charge >= 0.3 is 0 Å². The van der Waals surface area contributed by atoms with Crippen molar-refractivity contribution in [2.24, 2.45) is 0 Å². The summed E-state index contributed by atoms with van der Waals surface area (Å²) < 4.78 is 10.5. The van der Waals surface area contributed by atoms with E-state index in [1.54, 1.807) is 62.8 Å². The first-order chi connectivity index (χ1) is 13.6. The van der Waals surface area contributed by atoms with Crippen molar-refractivity contribution in [1.29, 1.82) is 0 Å². The summed E-state index contributed by atoms with van der Waals surface area (Å²) in [5, 5.41) is 4.64. The lowest BCUT2D eigenvalue weighted by molar-refractivity contribution is 0.103. The quantitative estimate of drug-likeness (QED) is 0.457. The number of benzene rings is 2. The third kappa shape index (κ3) is 4.47. The largest absolute Gasteiger partial charge is 0.493 e. The van der Waals surface area contributed by atoms with Crippen molar-refractivity contribution in [1.82, 2.24) is 0 Å². The van der Waals surface area contributed by atoms with E-state index in [0.29, 0.717) is 27.6 Å². The topological polar surface area (TPSA) is 64.6 Å². The van der Waals surface area contributed by atoms with Gasteiger partial charge in [-0.1, -0.05) is 30.3 Å². The SMILES string of the molecule is COc1ccc(/C=C/C(=O)c2ccccc2NC(=O)c2cccs2)cc1OC. The van der Waals surface area contributed by atoms with Gasteiger partial charge in [-0.15, -0.1) is 11.3 Å². The molecule has 1 amide bonds. The Hall–Kier alpha value is -3.38. The molecular weight excluding hydrogens is 374 g/mol. The molecule has 0 bridgehead atoms. The van der Waals surface area contributed by atoms with Gasteiger partial charge in [0.1, 0.15) is 0 Å². The predicted octanol–water partition coefficient (Wildman–Crippen LogP) is 4.91. The summed E-state index contributed by atoms with van der Waals surface area (Å²) in [6, 6.07) is 15.9. The molecule has 1 N–H and O–H groups in total. The first-order valence-electron chi connectivity index (χ1n) is 8.50. The van der Waals surface area contributed by atoms with Crippen LogP contribution >= 0.6 is 11.3 Å². The van der Waals surface area contributed by atoms with Crippen molar-refractivity contribution in [3.63, 3.8) is 0 Å². The minimum absolute atomic E-state index is 0.211. The summed E-state index contributed by atoms with van der Waals surface area (Å²) in [6.45, 7) is 0. The van der Waals surface area contributed by atoms with Crippen LogP contribution in [-0.4, -0.2) is 25.9 Å². The maximum Gasteiger partial charge on any atom is 0.265 e. The minimum Gasteiger partial charge on any atom is -0.493 e. The zero-order chi connectivity index (χ0) is 19.9. The number of hydrogen-bond acceptors (Lipinski definition) is 5. The second kappa shape index (κ2) is 9.01. The molecule has 0 fully saturated rings. The molecule has 0 aliphatic carbocycles. The fraction of sp³-hybridized carbons (Fsp3) is 0.0909. The summed E-state index contributed by atoms with van der Waals surface area (Å²) in [5.41, 5.74) is 1.69. The van der Waals surface area contributed by atoms with Crippen LogP contribution < -0.4 is 14.8 Å². The van der Waals surface area contributed by atoms with E-state index >= 15 is 0 Å². The molecule has 28 heavy (non-hydrogen) atoms. The van der Waals surface area contributed by atoms with Gasteiger partial charge in [0.2, 0.25) is 0 Å². The minimum atomic E-state index is -0.237. The highest BCUT2D eigenvalue weighted by Crippen LogP contribution is 2.28. The molecule has 3 aromatic rings. The molecule has 6 heteroatoms. The van der Waals surface area contributed by atoms with E-state index in [1.807, 2.05) is 17.5 Å². The molecule has 0 unspecified atom stereocenters. The summed E-state index contributed by atoms with van der Waals surface area (Å²) in [4.78, 5) is 25.6. The fourth-order valence-electron chi connectivity index (χ4n) is 2.62. The Labute approximate surface area is 167 Å². The van der Waals surface area contributed by atoms with Crippen molar-refractivity contribution in [3.8, 4) is 11.5 Å². The highest BCUT2D eigenvalue weighted by molar-refractivity contribution is 7.12. The maximum absolute atomic E-state index is 12.7. The zero-order valence-electron chi connectivity index (χ0n) is 15.5. The smallest absolute Gasteiger partial charge is 0.265 e. The Bertz CT molecular complexity index is 1010. The van der Waals surface area contributed by atoms with Crippen LogP contribution in [0.1, 0.15) is 25.6 Å². The Morgan fingerprint density at radius 1 is 0.964 bits per heavy atom. The number of nitrogens with one attached hydrogen (secondary N) is 1. The molecule has 0 saturated carbocycles. The molecule has 0 radical (unpaired) electrons. The van der Waals surface area contributed by atoms with E-state index < -0.39 is 0 Å². The van der Waals surface area contributed by atoms with Crippen molar-refractivity contribution in [2.75, 3.05) is 19.5 Å². The zero-order valence-corrected chi connectivity index (χ0v) is 16.3. The van der Waals surface area contributed by atoms with E-state index in [4.69, 9.17) is 9.47 Å². The molecule has 0 spiro atoms. The average molecular weight is 393 g/mol. The van der Waals surface area contributed by atoms with Crippen LogP contribution in [0.4, 0.5) is 5.69 Å². The van der Waals surface area contributed by atoms with E-state index in [1.165, 1.54) is 17.4 Å². The Morgan fingerprint density at radius 2 is 1.75 bits per heavy atom. The van der Waals surface area contributed by atoms with Gasteiger partial charge in [0.05, 0.1) is 24.8 Å². The number of anilines is 1. The molecule has 1 aromatic heterocycles. The number of methoxy groups -OCH3 is 2. The number of carbonyl (C=O) groups is 2. The number of para-hydroxylation sites is 1. The number of amides is 1. The number of carbonyl (C=O) groups excluding carboxylic acids is 2. The second-order valence-corrected chi connectivity index (χ2v) is 6.74. The summed E-state index contributed by atoms with van der Waals surface area (Å²) in [7, 11) is 3.13. The van der Waals surface area contributed by atoms with Gasteiger partial charge < -0.3 is 14.8 Å². The van der Waals surface area contributed by atoms with E-state index in [9.17, 15) is 9.59 Å². The standard InChI is InChI=1S/C22H19NO4S/c1-26-19-12-10-15(14-20(19)27-2)9-11-18(24)16-6-3-4-7-17(16)23-22(25)21-8-5-13-28-21/h3-14H,1-2H3,(H,23,25)/b11-9+. The Kier molecular flexibility index (Phi) is 6.24. The maximum atomic E-state index is 12.7. The van der Waals surface area contributed by atoms with Crippen molar-refractivity contribution in [3.05, 3.63) is 82.1 Å². The molecule has 0 aliphatic heterocycles. The Balaban J connectivity index is 1.79. The molecule has 1 heterocycles. The van der Waals surface area contributed by atoms with Gasteiger partial charge in [0, 0.05) is 5.56 Å². The van der Waals surface area contributed by atoms with Crippen LogP contribution in [0.2, 0.25) is 0 Å². The third-order valence-electron chi connectivity index (χ3n) is 4.02. The number of rotatable bonds is 7. The summed E-state index contributed by atoms with van der Waals surface area (Å²) in [6.07, 6.45) is 3.17. The van der Waals surface area contributed by atoms with Crippen molar-refractivity contribution in [2.45, 2.75) is 0 Å². The molecular formula is C22H19NO4S. The van der Waals surface area contributed by atoms with Gasteiger partial charge in [-0.2, -0.15) is 0 Å². The first kappa shape index (κ1) is 19.4. The van der Waals surface area contributed by atoms with Crippen LogP contribution in [0.15, 0.2) is 66.1 Å². The second-order valence-electron chi connectivity index (χ2n) is 5.79. The summed E-state index contributed by atoms with van der Waals surface area (Å²) >= 11 is 1.35. The van der Waals surface area contributed by atoms with Crippen LogP contribution in [0.3, 0.4) is 0 Å². The Morgan fingerprint density at radius 3 is 2.46 bits per heavy atom. The molecule has 5 nitrogen and oxygen atoms in total. The lowest BCUT2D eigenvalue weighted by atomic mass is 10.1.